The largest absolute Gasteiger partial charge is 0.281 e. The summed E-state index contributed by atoms with van der Waals surface area (Å²) in [4.78, 5) is 10.9. The summed E-state index contributed by atoms with van der Waals surface area (Å²) in [7, 11) is 0. The van der Waals surface area contributed by atoms with Crippen LogP contribution in [0.5, 0.6) is 0 Å². The topological polar surface area (TPSA) is 17.1 Å². The van der Waals surface area contributed by atoms with Crippen molar-refractivity contribution < 1.29 is 4.79 Å². The van der Waals surface area contributed by atoms with E-state index >= 15 is 0 Å². The van der Waals surface area contributed by atoms with Gasteiger partial charge in [0.15, 0.2) is 0 Å². The fourth-order valence-electron chi connectivity index (χ4n) is 1.56. The van der Waals surface area contributed by atoms with E-state index < -0.39 is 0 Å². The summed E-state index contributed by atoms with van der Waals surface area (Å²) in [6, 6.07) is 0. The van der Waals surface area contributed by atoms with Crippen LogP contribution >= 0.6 is 43.5 Å². The molecular weight excluding hydrogens is 307 g/mol. The molecule has 0 aliphatic heterocycles. The Hall–Kier alpha value is 0.660. The van der Waals surface area contributed by atoms with E-state index in [1.54, 1.807) is 0 Å². The lowest BCUT2D eigenvalue weighted by Crippen LogP contribution is -1.96. The van der Waals surface area contributed by atoms with Crippen molar-refractivity contribution in [3.8, 4) is 0 Å². The van der Waals surface area contributed by atoms with Gasteiger partial charge in [-0.3, -0.25) is 4.79 Å². The highest BCUT2D eigenvalue weighted by Crippen LogP contribution is 2.60. The number of halogens is 3. The quantitative estimate of drug-likeness (QED) is 0.711. The minimum atomic E-state index is -0.234. The van der Waals surface area contributed by atoms with Crippen LogP contribution in [0.15, 0.2) is 9.47 Å². The van der Waals surface area contributed by atoms with Crippen LogP contribution in [-0.4, -0.2) is 5.24 Å². The van der Waals surface area contributed by atoms with Gasteiger partial charge in [-0.05, 0) is 54.8 Å². The molecule has 12 heavy (non-hydrogen) atoms. The predicted octanol–water partition coefficient (Wildman–Crippen LogP) is 3.66. The van der Waals surface area contributed by atoms with E-state index in [1.165, 1.54) is 0 Å². The number of hydrogen-bond donors (Lipinski definition) is 0. The number of rotatable bonds is 2. The van der Waals surface area contributed by atoms with Gasteiger partial charge in [-0.15, -0.1) is 0 Å². The molecule has 1 aliphatic rings. The van der Waals surface area contributed by atoms with Crippen LogP contribution in [0.2, 0.25) is 0 Å². The molecule has 68 valence electrons. The first-order chi connectivity index (χ1) is 5.37. The van der Waals surface area contributed by atoms with E-state index in [2.05, 4.69) is 31.9 Å². The summed E-state index contributed by atoms with van der Waals surface area (Å²) < 4.78 is 0.883. The first-order valence-corrected chi connectivity index (χ1v) is 5.56. The van der Waals surface area contributed by atoms with Gasteiger partial charge in [0, 0.05) is 5.92 Å². The van der Waals surface area contributed by atoms with Crippen molar-refractivity contribution in [3.63, 3.8) is 0 Å². The summed E-state index contributed by atoms with van der Waals surface area (Å²) in [6.07, 6.45) is 1.98. The molecule has 1 rings (SSSR count). The van der Waals surface area contributed by atoms with Gasteiger partial charge in [0.25, 0.3) is 0 Å². The van der Waals surface area contributed by atoms with Gasteiger partial charge in [-0.1, -0.05) is 19.9 Å². The molecule has 0 amide bonds. The van der Waals surface area contributed by atoms with Crippen LogP contribution in [0, 0.1) is 17.3 Å². The fourth-order valence-corrected chi connectivity index (χ4v) is 2.54. The Kier molecular flexibility index (Phi) is 3.07. The van der Waals surface area contributed by atoms with Gasteiger partial charge in [-0.2, -0.15) is 0 Å². The van der Waals surface area contributed by atoms with Crippen LogP contribution in [0.25, 0.3) is 0 Å². The molecule has 1 unspecified atom stereocenters. The molecule has 0 bridgehead atoms. The minimum absolute atomic E-state index is 0.0195. The minimum Gasteiger partial charge on any atom is -0.281 e. The van der Waals surface area contributed by atoms with E-state index in [4.69, 9.17) is 11.6 Å². The van der Waals surface area contributed by atoms with Gasteiger partial charge >= 0.3 is 0 Å². The first-order valence-electron chi connectivity index (χ1n) is 3.59. The number of carbonyl (C=O) groups excluding carboxylic acids is 1. The van der Waals surface area contributed by atoms with E-state index in [-0.39, 0.29) is 22.5 Å². The van der Waals surface area contributed by atoms with Crippen LogP contribution in [0.3, 0.4) is 0 Å². The summed E-state index contributed by atoms with van der Waals surface area (Å²) in [5.74, 6) is 0.237. The molecule has 0 aromatic heterocycles. The molecule has 0 aromatic carbocycles. The molecule has 0 radical (unpaired) electrons. The van der Waals surface area contributed by atoms with E-state index in [0.29, 0.717) is 0 Å². The Morgan fingerprint density at radius 1 is 1.50 bits per heavy atom. The highest BCUT2D eigenvalue weighted by Gasteiger charge is 2.59. The molecule has 2 atom stereocenters. The first kappa shape index (κ1) is 10.7. The van der Waals surface area contributed by atoms with Crippen molar-refractivity contribution in [3.05, 3.63) is 9.47 Å². The van der Waals surface area contributed by atoms with Gasteiger partial charge in [0.05, 0.1) is 3.39 Å². The zero-order valence-corrected chi connectivity index (χ0v) is 10.7. The van der Waals surface area contributed by atoms with E-state index in [9.17, 15) is 4.79 Å². The molecule has 4 heteroatoms. The molecule has 0 aromatic rings. The second-order valence-electron chi connectivity index (χ2n) is 3.59. The second kappa shape index (κ2) is 3.43. The normalized spacial score (nSPS) is 31.1. The maximum Gasteiger partial charge on any atom is 0.225 e. The number of hydrogen-bond acceptors (Lipinski definition) is 1. The number of allylic oxidation sites excluding steroid dienone is 1. The number of carbonyl (C=O) groups is 1. The third-order valence-electron chi connectivity index (χ3n) is 2.46. The van der Waals surface area contributed by atoms with Crippen molar-refractivity contribution in [2.45, 2.75) is 13.8 Å². The van der Waals surface area contributed by atoms with Crippen molar-refractivity contribution in [2.75, 3.05) is 0 Å². The second-order valence-corrected chi connectivity index (χ2v) is 6.73. The van der Waals surface area contributed by atoms with Crippen molar-refractivity contribution in [1.82, 2.24) is 0 Å². The molecule has 1 nitrogen and oxygen atoms in total. The molecule has 1 saturated carbocycles. The third-order valence-corrected chi connectivity index (χ3v) is 3.22. The van der Waals surface area contributed by atoms with Gasteiger partial charge in [0.1, 0.15) is 0 Å². The molecular formula is C8H9Br2ClO. The molecule has 0 heterocycles. The summed E-state index contributed by atoms with van der Waals surface area (Å²) in [6.45, 7) is 4.09. The van der Waals surface area contributed by atoms with E-state index in [1.807, 2.05) is 19.9 Å². The Balaban J connectivity index is 2.73. The van der Waals surface area contributed by atoms with Crippen LogP contribution in [0.1, 0.15) is 13.8 Å². The van der Waals surface area contributed by atoms with E-state index in [0.717, 1.165) is 3.39 Å². The molecule has 1 aliphatic carbocycles. The fraction of sp³-hybridized carbons (Fsp3) is 0.625. The smallest absolute Gasteiger partial charge is 0.225 e. The lowest BCUT2D eigenvalue weighted by atomic mass is 10.1. The standard InChI is InChI=1S/C8H9Br2ClO/c1-8(2)4(3-5(9)10)6(8)7(11)12/h3-4,6H,1-2H3/t4?,6-/m0/s1. The highest BCUT2D eigenvalue weighted by molar-refractivity contribution is 9.28. The Morgan fingerprint density at radius 3 is 2.25 bits per heavy atom. The lowest BCUT2D eigenvalue weighted by molar-refractivity contribution is -0.113. The lowest BCUT2D eigenvalue weighted by Gasteiger charge is -1.96. The molecule has 1 fully saturated rings. The summed E-state index contributed by atoms with van der Waals surface area (Å²) in [5.41, 5.74) is 0.0195. The maximum absolute atomic E-state index is 10.9. The van der Waals surface area contributed by atoms with Crippen molar-refractivity contribution in [1.29, 1.82) is 0 Å². The monoisotopic (exact) mass is 314 g/mol. The van der Waals surface area contributed by atoms with Crippen LogP contribution < -0.4 is 0 Å². The van der Waals surface area contributed by atoms with Gasteiger partial charge < -0.3 is 0 Å². The summed E-state index contributed by atoms with van der Waals surface area (Å²) >= 11 is 12.0. The maximum atomic E-state index is 10.9. The average molecular weight is 316 g/mol. The third kappa shape index (κ3) is 1.94. The Morgan fingerprint density at radius 2 is 2.00 bits per heavy atom. The van der Waals surface area contributed by atoms with Gasteiger partial charge in [-0.25, -0.2) is 0 Å². The SMILES string of the molecule is CC1(C)C(C=C(Br)Br)[C@H]1C(=O)Cl. The summed E-state index contributed by atoms with van der Waals surface area (Å²) in [5, 5.41) is -0.234. The molecule has 0 saturated heterocycles. The Labute approximate surface area is 93.8 Å². The van der Waals surface area contributed by atoms with Crippen LogP contribution in [-0.2, 0) is 4.79 Å². The predicted molar refractivity (Wildman–Crippen MR) is 57.6 cm³/mol. The molecule has 0 N–H and O–H groups in total. The van der Waals surface area contributed by atoms with Gasteiger partial charge in [0.2, 0.25) is 5.24 Å². The average Bonchev–Trinajstić information content (AvgIpc) is 2.32. The zero-order chi connectivity index (χ0) is 9.52. The Bertz CT molecular complexity index is 243. The van der Waals surface area contributed by atoms with Crippen molar-refractivity contribution in [2.24, 2.45) is 17.3 Å². The van der Waals surface area contributed by atoms with Crippen LogP contribution in [0.4, 0.5) is 0 Å². The van der Waals surface area contributed by atoms with Crippen molar-refractivity contribution >= 4 is 48.7 Å². The molecule has 0 spiro atoms. The zero-order valence-electron chi connectivity index (χ0n) is 6.77. The highest BCUT2D eigenvalue weighted by atomic mass is 79.9.